The lowest BCUT2D eigenvalue weighted by Crippen LogP contribution is -2.46. The van der Waals surface area contributed by atoms with E-state index in [2.05, 4.69) is 31.8 Å². The maximum atomic E-state index is 5.38. The van der Waals surface area contributed by atoms with Gasteiger partial charge in [-0.25, -0.2) is 0 Å². The van der Waals surface area contributed by atoms with Crippen LogP contribution >= 0.6 is 0 Å². The van der Waals surface area contributed by atoms with Crippen molar-refractivity contribution in [3.05, 3.63) is 18.0 Å². The molecule has 0 bridgehead atoms. The molecule has 0 aliphatic carbocycles. The van der Waals surface area contributed by atoms with E-state index in [1.165, 1.54) is 0 Å². The standard InChI is InChI=1S/C15H21N5O2.2C2H6/c1-4-19-5-7-20(8-6-19)15-17-14(22-18-15)12-9-13(21-3)11(2)16-10-12;2*1-2/h9-10H,4-8H2,1-3H3;2*1-2H3. The Morgan fingerprint density at radius 2 is 1.77 bits per heavy atom. The zero-order chi connectivity index (χ0) is 19.5. The SMILES string of the molecule is CC.CC.CCN1CCN(c2noc(-c3cnc(C)c(OC)c3)n2)CC1. The summed E-state index contributed by atoms with van der Waals surface area (Å²) in [5.74, 6) is 1.83. The number of anilines is 1. The number of likely N-dealkylation sites (N-methyl/N-ethyl adjacent to an activating group) is 1. The van der Waals surface area contributed by atoms with Crippen LogP contribution in [0.4, 0.5) is 5.95 Å². The first-order chi connectivity index (χ1) is 12.7. The van der Waals surface area contributed by atoms with Crippen LogP contribution in [0, 0.1) is 6.92 Å². The summed E-state index contributed by atoms with van der Waals surface area (Å²) in [4.78, 5) is 13.3. The fraction of sp³-hybridized carbons (Fsp3) is 0.632. The number of aromatic nitrogens is 3. The Labute approximate surface area is 157 Å². The molecule has 3 heterocycles. The molecule has 0 radical (unpaired) electrons. The molecule has 26 heavy (non-hydrogen) atoms. The molecule has 1 fully saturated rings. The minimum absolute atomic E-state index is 0.471. The van der Waals surface area contributed by atoms with Gasteiger partial charge in [0.15, 0.2) is 0 Å². The fourth-order valence-electron chi connectivity index (χ4n) is 2.56. The summed E-state index contributed by atoms with van der Waals surface area (Å²) < 4.78 is 10.7. The molecule has 7 nitrogen and oxygen atoms in total. The summed E-state index contributed by atoms with van der Waals surface area (Å²) in [6.45, 7) is 17.1. The number of nitrogens with zero attached hydrogens (tertiary/aromatic N) is 5. The van der Waals surface area contributed by atoms with Gasteiger partial charge < -0.3 is 19.1 Å². The van der Waals surface area contributed by atoms with E-state index in [9.17, 15) is 0 Å². The molecule has 0 N–H and O–H groups in total. The van der Waals surface area contributed by atoms with Crippen LogP contribution in [0.3, 0.4) is 0 Å². The highest BCUT2D eigenvalue weighted by atomic mass is 16.5. The van der Waals surface area contributed by atoms with Gasteiger partial charge in [-0.2, -0.15) is 4.98 Å². The second-order valence-corrected chi connectivity index (χ2v) is 5.33. The van der Waals surface area contributed by atoms with Crippen LogP contribution in [-0.2, 0) is 0 Å². The van der Waals surface area contributed by atoms with Gasteiger partial charge in [0.05, 0.1) is 18.4 Å². The Morgan fingerprint density at radius 1 is 1.12 bits per heavy atom. The molecule has 2 aromatic rings. The zero-order valence-corrected chi connectivity index (χ0v) is 17.2. The highest BCUT2D eigenvalue weighted by Gasteiger charge is 2.21. The molecule has 7 heteroatoms. The molecule has 1 aliphatic heterocycles. The fourth-order valence-corrected chi connectivity index (χ4v) is 2.56. The van der Waals surface area contributed by atoms with Crippen molar-refractivity contribution in [2.24, 2.45) is 0 Å². The summed E-state index contributed by atoms with van der Waals surface area (Å²) in [6, 6.07) is 1.87. The molecule has 0 aromatic carbocycles. The highest BCUT2D eigenvalue weighted by Crippen LogP contribution is 2.25. The molecule has 0 saturated carbocycles. The third-order valence-corrected chi connectivity index (χ3v) is 4.02. The molecule has 1 aliphatic rings. The van der Waals surface area contributed by atoms with Crippen molar-refractivity contribution in [3.8, 4) is 17.2 Å². The second kappa shape index (κ2) is 11.5. The van der Waals surface area contributed by atoms with Gasteiger partial charge in [-0.05, 0) is 24.7 Å². The van der Waals surface area contributed by atoms with Crippen LogP contribution in [0.5, 0.6) is 5.75 Å². The predicted molar refractivity (Wildman–Crippen MR) is 106 cm³/mol. The number of aryl methyl sites for hydroxylation is 1. The molecule has 0 unspecified atom stereocenters. The first-order valence-corrected chi connectivity index (χ1v) is 9.53. The quantitative estimate of drug-likeness (QED) is 0.821. The lowest BCUT2D eigenvalue weighted by atomic mass is 10.2. The van der Waals surface area contributed by atoms with Crippen molar-refractivity contribution in [3.63, 3.8) is 0 Å². The molecular weight excluding hydrogens is 330 g/mol. The average Bonchev–Trinajstić information content (AvgIpc) is 3.21. The topological polar surface area (TPSA) is 67.5 Å². The lowest BCUT2D eigenvalue weighted by molar-refractivity contribution is 0.269. The number of rotatable bonds is 4. The lowest BCUT2D eigenvalue weighted by Gasteiger charge is -2.32. The van der Waals surface area contributed by atoms with Crippen LogP contribution in [0.2, 0.25) is 0 Å². The Kier molecular flexibility index (Phi) is 9.65. The summed E-state index contributed by atoms with van der Waals surface area (Å²) in [7, 11) is 1.63. The number of hydrogen-bond donors (Lipinski definition) is 0. The van der Waals surface area contributed by atoms with Gasteiger partial charge in [0, 0.05) is 32.4 Å². The summed E-state index contributed by atoms with van der Waals surface area (Å²) in [5.41, 5.74) is 1.61. The molecule has 0 spiro atoms. The second-order valence-electron chi connectivity index (χ2n) is 5.33. The van der Waals surface area contributed by atoms with E-state index in [0.29, 0.717) is 17.6 Å². The van der Waals surface area contributed by atoms with Crippen molar-refractivity contribution < 1.29 is 9.26 Å². The molecule has 146 valence electrons. The van der Waals surface area contributed by atoms with Crippen molar-refractivity contribution in [1.29, 1.82) is 0 Å². The van der Waals surface area contributed by atoms with Crippen molar-refractivity contribution in [1.82, 2.24) is 20.0 Å². The maximum Gasteiger partial charge on any atom is 0.266 e. The summed E-state index contributed by atoms with van der Waals surface area (Å²) >= 11 is 0. The minimum atomic E-state index is 0.471. The highest BCUT2D eigenvalue weighted by molar-refractivity contribution is 5.56. The van der Waals surface area contributed by atoms with Crippen molar-refractivity contribution >= 4 is 5.95 Å². The van der Waals surface area contributed by atoms with E-state index in [1.54, 1.807) is 13.3 Å². The van der Waals surface area contributed by atoms with Crippen LogP contribution in [-0.4, -0.2) is 59.9 Å². The number of ether oxygens (including phenoxy) is 1. The average molecular weight is 364 g/mol. The monoisotopic (exact) mass is 363 g/mol. The molecule has 0 amide bonds. The van der Waals surface area contributed by atoms with Crippen LogP contribution < -0.4 is 9.64 Å². The Bertz CT molecular complexity index is 637. The third-order valence-electron chi connectivity index (χ3n) is 4.02. The van der Waals surface area contributed by atoms with Crippen LogP contribution in [0.25, 0.3) is 11.5 Å². The molecular formula is C19H33N5O2. The maximum absolute atomic E-state index is 5.38. The van der Waals surface area contributed by atoms with Gasteiger partial charge in [-0.15, -0.1) is 0 Å². The first-order valence-electron chi connectivity index (χ1n) is 9.53. The molecule has 2 aromatic heterocycles. The number of pyridine rings is 1. The van der Waals surface area contributed by atoms with Gasteiger partial charge in [0.25, 0.3) is 11.8 Å². The van der Waals surface area contributed by atoms with Crippen LogP contribution in [0.1, 0.15) is 40.3 Å². The number of methoxy groups -OCH3 is 1. The first kappa shape index (κ1) is 21.9. The van der Waals surface area contributed by atoms with Gasteiger partial charge in [-0.1, -0.05) is 34.6 Å². The smallest absolute Gasteiger partial charge is 0.266 e. The Balaban J connectivity index is 0.000000791. The Morgan fingerprint density at radius 3 is 2.35 bits per heavy atom. The molecule has 0 atom stereocenters. The van der Waals surface area contributed by atoms with Crippen LogP contribution in [0.15, 0.2) is 16.8 Å². The number of hydrogen-bond acceptors (Lipinski definition) is 7. The van der Waals surface area contributed by atoms with Gasteiger partial charge in [0.2, 0.25) is 0 Å². The zero-order valence-electron chi connectivity index (χ0n) is 17.2. The van der Waals surface area contributed by atoms with Gasteiger partial charge in [0.1, 0.15) is 5.75 Å². The normalized spacial score (nSPS) is 14.0. The van der Waals surface area contributed by atoms with Gasteiger partial charge >= 0.3 is 0 Å². The molecule has 1 saturated heterocycles. The van der Waals surface area contributed by atoms with E-state index in [-0.39, 0.29) is 0 Å². The third kappa shape index (κ3) is 5.42. The van der Waals surface area contributed by atoms with Crippen molar-refractivity contribution in [2.75, 3.05) is 44.7 Å². The van der Waals surface area contributed by atoms with E-state index in [1.807, 2.05) is 40.7 Å². The van der Waals surface area contributed by atoms with E-state index >= 15 is 0 Å². The Hall–Kier alpha value is -2.15. The predicted octanol–water partition coefficient (Wildman–Crippen LogP) is 3.64. The van der Waals surface area contributed by atoms with E-state index < -0.39 is 0 Å². The van der Waals surface area contributed by atoms with Gasteiger partial charge in [-0.3, -0.25) is 4.98 Å². The number of piperazine rings is 1. The summed E-state index contributed by atoms with van der Waals surface area (Å²) in [6.07, 6.45) is 1.73. The summed E-state index contributed by atoms with van der Waals surface area (Å²) in [5, 5.41) is 4.10. The van der Waals surface area contributed by atoms with E-state index in [4.69, 9.17) is 9.26 Å². The van der Waals surface area contributed by atoms with E-state index in [0.717, 1.165) is 44.0 Å². The van der Waals surface area contributed by atoms with Crippen molar-refractivity contribution in [2.45, 2.75) is 41.5 Å². The molecule has 3 rings (SSSR count). The minimum Gasteiger partial charge on any atom is -0.495 e. The largest absolute Gasteiger partial charge is 0.495 e.